The molecular weight excluding hydrogens is 256 g/mol. The van der Waals surface area contributed by atoms with Crippen molar-refractivity contribution in [2.45, 2.75) is 38.8 Å². The predicted octanol–water partition coefficient (Wildman–Crippen LogP) is 3.92. The van der Waals surface area contributed by atoms with Crippen LogP contribution in [-0.2, 0) is 13.0 Å². The van der Waals surface area contributed by atoms with Gasteiger partial charge in [0.15, 0.2) is 0 Å². The van der Waals surface area contributed by atoms with E-state index in [0.29, 0.717) is 6.04 Å². The van der Waals surface area contributed by atoms with Crippen LogP contribution >= 0.6 is 0 Å². The minimum absolute atomic E-state index is 0.687. The van der Waals surface area contributed by atoms with Crippen LogP contribution in [0, 0.1) is 5.92 Å². The molecule has 0 aliphatic carbocycles. The van der Waals surface area contributed by atoms with Gasteiger partial charge in [0, 0.05) is 24.5 Å². The zero-order chi connectivity index (χ0) is 14.5. The second-order valence-corrected chi connectivity index (χ2v) is 6.15. The number of likely N-dealkylation sites (tertiary alicyclic amines) is 1. The van der Waals surface area contributed by atoms with E-state index in [4.69, 9.17) is 0 Å². The Morgan fingerprint density at radius 2 is 1.90 bits per heavy atom. The number of benzene rings is 1. The maximum absolute atomic E-state index is 4.46. The summed E-state index contributed by atoms with van der Waals surface area (Å²) < 4.78 is 0. The van der Waals surface area contributed by atoms with Crippen LogP contribution in [0.1, 0.15) is 31.0 Å². The van der Waals surface area contributed by atoms with E-state index < -0.39 is 0 Å². The molecule has 1 aromatic carbocycles. The van der Waals surface area contributed by atoms with Crippen LogP contribution in [0.25, 0.3) is 0 Å². The topological polar surface area (TPSA) is 16.1 Å². The SMILES string of the molecule is CC1CCN(Cc2ccccc2)C1CCc1ccccn1. The van der Waals surface area contributed by atoms with Crippen molar-refractivity contribution in [3.05, 3.63) is 66.0 Å². The van der Waals surface area contributed by atoms with E-state index in [1.165, 1.54) is 30.6 Å². The first-order valence-electron chi connectivity index (χ1n) is 8.01. The van der Waals surface area contributed by atoms with Crippen LogP contribution in [0.4, 0.5) is 0 Å². The Balaban J connectivity index is 1.61. The number of aryl methyl sites for hydroxylation is 1. The molecule has 2 heteroatoms. The molecule has 0 radical (unpaired) electrons. The van der Waals surface area contributed by atoms with Crippen LogP contribution in [-0.4, -0.2) is 22.5 Å². The molecule has 1 aromatic heterocycles. The molecule has 3 rings (SSSR count). The van der Waals surface area contributed by atoms with Gasteiger partial charge in [-0.05, 0) is 49.4 Å². The van der Waals surface area contributed by atoms with E-state index in [1.807, 2.05) is 12.3 Å². The van der Waals surface area contributed by atoms with E-state index in [9.17, 15) is 0 Å². The van der Waals surface area contributed by atoms with E-state index in [2.05, 4.69) is 59.3 Å². The highest BCUT2D eigenvalue weighted by atomic mass is 15.2. The number of pyridine rings is 1. The zero-order valence-corrected chi connectivity index (χ0v) is 12.8. The Kier molecular flexibility index (Phi) is 4.66. The molecule has 0 bridgehead atoms. The standard InChI is InChI=1S/C19H24N2/c1-16-12-14-21(15-17-7-3-2-4-8-17)19(16)11-10-18-9-5-6-13-20-18/h2-9,13,16,19H,10-12,14-15H2,1H3. The van der Waals surface area contributed by atoms with Gasteiger partial charge in [-0.15, -0.1) is 0 Å². The second-order valence-electron chi connectivity index (χ2n) is 6.15. The third-order valence-electron chi connectivity index (χ3n) is 4.65. The third-order valence-corrected chi connectivity index (χ3v) is 4.65. The number of rotatable bonds is 5. The lowest BCUT2D eigenvalue weighted by Crippen LogP contribution is -2.32. The number of nitrogens with zero attached hydrogens (tertiary/aromatic N) is 2. The van der Waals surface area contributed by atoms with Crippen LogP contribution in [0.2, 0.25) is 0 Å². The smallest absolute Gasteiger partial charge is 0.0404 e. The quantitative estimate of drug-likeness (QED) is 0.825. The molecule has 0 spiro atoms. The van der Waals surface area contributed by atoms with Crippen molar-refractivity contribution in [1.82, 2.24) is 9.88 Å². The zero-order valence-electron chi connectivity index (χ0n) is 12.8. The van der Waals surface area contributed by atoms with Gasteiger partial charge in [-0.2, -0.15) is 0 Å². The average molecular weight is 280 g/mol. The highest BCUT2D eigenvalue weighted by Crippen LogP contribution is 2.28. The molecule has 1 saturated heterocycles. The second kappa shape index (κ2) is 6.86. The largest absolute Gasteiger partial charge is 0.296 e. The van der Waals surface area contributed by atoms with Gasteiger partial charge in [-0.1, -0.05) is 43.3 Å². The lowest BCUT2D eigenvalue weighted by Gasteiger charge is -2.27. The summed E-state index contributed by atoms with van der Waals surface area (Å²) in [6.45, 7) is 4.70. The summed E-state index contributed by atoms with van der Waals surface area (Å²) in [5.41, 5.74) is 2.64. The fourth-order valence-corrected chi connectivity index (χ4v) is 3.41. The van der Waals surface area contributed by atoms with Gasteiger partial charge in [0.1, 0.15) is 0 Å². The lowest BCUT2D eigenvalue weighted by atomic mass is 9.97. The molecule has 0 saturated carbocycles. The normalized spacial score (nSPS) is 22.5. The van der Waals surface area contributed by atoms with Crippen molar-refractivity contribution in [2.24, 2.45) is 5.92 Å². The summed E-state index contributed by atoms with van der Waals surface area (Å²) in [6.07, 6.45) is 5.51. The van der Waals surface area contributed by atoms with E-state index in [0.717, 1.165) is 18.9 Å². The van der Waals surface area contributed by atoms with Gasteiger partial charge in [-0.3, -0.25) is 9.88 Å². The van der Waals surface area contributed by atoms with E-state index in [1.54, 1.807) is 0 Å². The molecule has 1 fully saturated rings. The Morgan fingerprint density at radius 3 is 2.67 bits per heavy atom. The van der Waals surface area contributed by atoms with Crippen LogP contribution in [0.5, 0.6) is 0 Å². The maximum atomic E-state index is 4.46. The summed E-state index contributed by atoms with van der Waals surface area (Å²) in [5, 5.41) is 0. The Labute approximate surface area is 127 Å². The van der Waals surface area contributed by atoms with Gasteiger partial charge >= 0.3 is 0 Å². The molecule has 1 aliphatic heterocycles. The number of aromatic nitrogens is 1. The predicted molar refractivity (Wildman–Crippen MR) is 87.0 cm³/mol. The first-order chi connectivity index (χ1) is 10.3. The fraction of sp³-hybridized carbons (Fsp3) is 0.421. The lowest BCUT2D eigenvalue weighted by molar-refractivity contribution is 0.211. The average Bonchev–Trinajstić information content (AvgIpc) is 2.87. The minimum atomic E-state index is 0.687. The molecule has 2 unspecified atom stereocenters. The van der Waals surface area contributed by atoms with Gasteiger partial charge < -0.3 is 0 Å². The molecular formula is C19H24N2. The molecule has 1 aliphatic rings. The van der Waals surface area contributed by atoms with Crippen molar-refractivity contribution >= 4 is 0 Å². The highest BCUT2D eigenvalue weighted by Gasteiger charge is 2.30. The van der Waals surface area contributed by atoms with Crippen LogP contribution < -0.4 is 0 Å². The number of hydrogen-bond donors (Lipinski definition) is 0. The Morgan fingerprint density at radius 1 is 1.10 bits per heavy atom. The summed E-state index contributed by atoms with van der Waals surface area (Å²) in [6, 6.07) is 17.7. The van der Waals surface area contributed by atoms with Gasteiger partial charge in [-0.25, -0.2) is 0 Å². The molecule has 2 aromatic rings. The third kappa shape index (κ3) is 3.70. The van der Waals surface area contributed by atoms with E-state index >= 15 is 0 Å². The first kappa shape index (κ1) is 14.3. The molecule has 110 valence electrons. The molecule has 0 N–H and O–H groups in total. The van der Waals surface area contributed by atoms with Crippen molar-refractivity contribution in [2.75, 3.05) is 6.54 Å². The highest BCUT2D eigenvalue weighted by molar-refractivity contribution is 5.15. The van der Waals surface area contributed by atoms with Gasteiger partial charge in [0.25, 0.3) is 0 Å². The van der Waals surface area contributed by atoms with Gasteiger partial charge in [0.2, 0.25) is 0 Å². The fourth-order valence-electron chi connectivity index (χ4n) is 3.41. The summed E-state index contributed by atoms with van der Waals surface area (Å²) >= 11 is 0. The first-order valence-corrected chi connectivity index (χ1v) is 8.01. The van der Waals surface area contributed by atoms with E-state index in [-0.39, 0.29) is 0 Å². The van der Waals surface area contributed by atoms with Crippen molar-refractivity contribution < 1.29 is 0 Å². The molecule has 21 heavy (non-hydrogen) atoms. The minimum Gasteiger partial charge on any atom is -0.296 e. The summed E-state index contributed by atoms with van der Waals surface area (Å²) in [5.74, 6) is 0.789. The summed E-state index contributed by atoms with van der Waals surface area (Å²) in [7, 11) is 0. The van der Waals surface area contributed by atoms with Crippen molar-refractivity contribution in [3.63, 3.8) is 0 Å². The molecule has 0 amide bonds. The Hall–Kier alpha value is -1.67. The van der Waals surface area contributed by atoms with Crippen molar-refractivity contribution in [1.29, 1.82) is 0 Å². The molecule has 2 heterocycles. The van der Waals surface area contributed by atoms with Crippen LogP contribution in [0.3, 0.4) is 0 Å². The summed E-state index contributed by atoms with van der Waals surface area (Å²) in [4.78, 5) is 7.11. The van der Waals surface area contributed by atoms with Gasteiger partial charge in [0.05, 0.1) is 0 Å². The number of hydrogen-bond acceptors (Lipinski definition) is 2. The van der Waals surface area contributed by atoms with Crippen molar-refractivity contribution in [3.8, 4) is 0 Å². The maximum Gasteiger partial charge on any atom is 0.0404 e. The molecule has 2 nitrogen and oxygen atoms in total. The molecule has 2 atom stereocenters. The van der Waals surface area contributed by atoms with Crippen LogP contribution in [0.15, 0.2) is 54.7 Å². The Bertz CT molecular complexity index is 538. The monoisotopic (exact) mass is 280 g/mol.